The summed E-state index contributed by atoms with van der Waals surface area (Å²) >= 11 is 0. The van der Waals surface area contributed by atoms with Crippen molar-refractivity contribution in [3.63, 3.8) is 0 Å². The molecule has 1 aromatic carbocycles. The molecule has 0 bridgehead atoms. The number of likely N-dealkylation sites (tertiary alicyclic amines) is 1. The Labute approximate surface area is 190 Å². The van der Waals surface area contributed by atoms with E-state index in [-0.39, 0.29) is 29.9 Å². The van der Waals surface area contributed by atoms with E-state index in [9.17, 15) is 9.59 Å². The number of nitrogens with zero attached hydrogens (tertiary/aromatic N) is 5. The summed E-state index contributed by atoms with van der Waals surface area (Å²) in [6.45, 7) is 7.63. The molecule has 0 radical (unpaired) electrons. The third-order valence-electron chi connectivity index (χ3n) is 7.38. The van der Waals surface area contributed by atoms with E-state index in [2.05, 4.69) is 32.8 Å². The molecule has 0 spiro atoms. The Morgan fingerprint density at radius 3 is 2.69 bits per heavy atom. The second kappa shape index (κ2) is 9.58. The van der Waals surface area contributed by atoms with E-state index < -0.39 is 0 Å². The van der Waals surface area contributed by atoms with Crippen molar-refractivity contribution in [2.24, 2.45) is 7.05 Å². The van der Waals surface area contributed by atoms with Crippen LogP contribution in [0, 0.1) is 0 Å². The van der Waals surface area contributed by atoms with Gasteiger partial charge in [0.2, 0.25) is 11.8 Å². The van der Waals surface area contributed by atoms with Gasteiger partial charge in [-0.15, -0.1) is 0 Å². The highest BCUT2D eigenvalue weighted by molar-refractivity contribution is 5.83. The summed E-state index contributed by atoms with van der Waals surface area (Å²) in [5, 5.41) is 3.16. The molecule has 0 saturated carbocycles. The van der Waals surface area contributed by atoms with Crippen LogP contribution in [-0.4, -0.2) is 87.4 Å². The van der Waals surface area contributed by atoms with E-state index in [1.54, 1.807) is 0 Å². The maximum Gasteiger partial charge on any atom is 0.239 e. The summed E-state index contributed by atoms with van der Waals surface area (Å²) in [4.78, 5) is 36.9. The molecule has 0 unspecified atom stereocenters. The minimum Gasteiger partial charge on any atom is -0.353 e. The van der Waals surface area contributed by atoms with Crippen molar-refractivity contribution in [1.82, 2.24) is 29.6 Å². The van der Waals surface area contributed by atoms with Gasteiger partial charge in [0.25, 0.3) is 0 Å². The lowest BCUT2D eigenvalue weighted by atomic mass is 10.0. The van der Waals surface area contributed by atoms with Crippen molar-refractivity contribution >= 4 is 22.8 Å². The van der Waals surface area contributed by atoms with Gasteiger partial charge in [-0.05, 0) is 45.9 Å². The lowest BCUT2D eigenvalue weighted by molar-refractivity contribution is -0.131. The number of imidazole rings is 1. The van der Waals surface area contributed by atoms with Gasteiger partial charge in [0, 0.05) is 51.7 Å². The van der Waals surface area contributed by atoms with Gasteiger partial charge in [-0.3, -0.25) is 19.4 Å². The van der Waals surface area contributed by atoms with Gasteiger partial charge in [0.15, 0.2) is 0 Å². The summed E-state index contributed by atoms with van der Waals surface area (Å²) < 4.78 is 2.13. The Morgan fingerprint density at radius 1 is 1.22 bits per heavy atom. The first-order valence-electron chi connectivity index (χ1n) is 11.9. The van der Waals surface area contributed by atoms with Crippen LogP contribution >= 0.6 is 0 Å². The number of nitrogens with one attached hydrogen (secondary N) is 1. The zero-order valence-electron chi connectivity index (χ0n) is 19.8. The minimum atomic E-state index is -0.191. The Hall–Kier alpha value is -2.45. The zero-order chi connectivity index (χ0) is 22.8. The van der Waals surface area contributed by atoms with Crippen molar-refractivity contribution < 1.29 is 9.59 Å². The van der Waals surface area contributed by atoms with Crippen LogP contribution in [0.4, 0.5) is 0 Å². The number of hydrogen-bond acceptors (Lipinski definition) is 5. The Balaban J connectivity index is 1.45. The molecule has 174 valence electrons. The number of carbonyl (C=O) groups is 2. The third-order valence-corrected chi connectivity index (χ3v) is 7.38. The van der Waals surface area contributed by atoms with E-state index in [1.165, 1.54) is 0 Å². The Morgan fingerprint density at radius 2 is 1.97 bits per heavy atom. The number of rotatable bonds is 7. The molecule has 3 atom stereocenters. The fraction of sp³-hybridized carbons (Fsp3) is 0.625. The number of aryl methyl sites for hydroxylation is 1. The summed E-state index contributed by atoms with van der Waals surface area (Å²) in [7, 11) is 4.16. The zero-order valence-corrected chi connectivity index (χ0v) is 19.8. The number of benzene rings is 1. The predicted molar refractivity (Wildman–Crippen MR) is 125 cm³/mol. The molecule has 2 aromatic rings. The third kappa shape index (κ3) is 4.26. The highest BCUT2D eigenvalue weighted by atomic mass is 16.2. The van der Waals surface area contributed by atoms with Crippen molar-refractivity contribution in [1.29, 1.82) is 0 Å². The molecule has 2 amide bonds. The first-order chi connectivity index (χ1) is 15.4. The van der Waals surface area contributed by atoms with Gasteiger partial charge in [0.05, 0.1) is 17.6 Å². The second-order valence-electron chi connectivity index (χ2n) is 9.02. The molecule has 2 aliphatic rings. The summed E-state index contributed by atoms with van der Waals surface area (Å²) in [5.41, 5.74) is 2.10. The van der Waals surface area contributed by atoms with Crippen molar-refractivity contribution in [2.75, 3.05) is 33.2 Å². The smallest absolute Gasteiger partial charge is 0.239 e. The highest BCUT2D eigenvalue weighted by Crippen LogP contribution is 2.29. The van der Waals surface area contributed by atoms with Gasteiger partial charge >= 0.3 is 0 Å². The number of fused-ring (bicyclic) bond motifs is 2. The summed E-state index contributed by atoms with van der Waals surface area (Å²) in [6.07, 6.45) is 2.23. The first-order valence-corrected chi connectivity index (χ1v) is 11.9. The standard InChI is InChI=1S/C24H36N6O2/c1-5-29(6-2)22(31)12-11-17-15-25-24(32)23-20(27(17)3)13-14-30(23)16-21-26-18-9-7-8-10-19(18)28(21)4/h7-10,17,20,23H,5-6,11-16H2,1-4H3,(H,25,32)/t17-,20-,23-/m1/s1. The Kier molecular flexibility index (Phi) is 6.81. The highest BCUT2D eigenvalue weighted by Gasteiger charge is 2.45. The van der Waals surface area contributed by atoms with Crippen LogP contribution in [0.2, 0.25) is 0 Å². The number of amides is 2. The molecule has 0 aliphatic carbocycles. The van der Waals surface area contributed by atoms with Crippen LogP contribution in [0.3, 0.4) is 0 Å². The molecule has 4 rings (SSSR count). The van der Waals surface area contributed by atoms with Crippen LogP contribution in [0.5, 0.6) is 0 Å². The number of aromatic nitrogens is 2. The number of likely N-dealkylation sites (N-methyl/N-ethyl adjacent to an activating group) is 1. The van der Waals surface area contributed by atoms with E-state index in [0.29, 0.717) is 19.5 Å². The molecular formula is C24H36N6O2. The van der Waals surface area contributed by atoms with Gasteiger partial charge < -0.3 is 14.8 Å². The number of para-hydroxylation sites is 2. The van der Waals surface area contributed by atoms with E-state index in [1.807, 2.05) is 44.0 Å². The number of hydrogen-bond donors (Lipinski definition) is 1. The van der Waals surface area contributed by atoms with Gasteiger partial charge in [0.1, 0.15) is 11.9 Å². The SMILES string of the molecule is CCN(CC)C(=O)CC[C@@H]1CNC(=O)[C@H]2[C@@H](CCN2Cc2nc3ccccc3n2C)N1C. The van der Waals surface area contributed by atoms with Gasteiger partial charge in [-0.25, -0.2) is 4.98 Å². The summed E-state index contributed by atoms with van der Waals surface area (Å²) in [6, 6.07) is 8.27. The topological polar surface area (TPSA) is 73.7 Å². The first kappa shape index (κ1) is 22.7. The Bertz CT molecular complexity index is 969. The van der Waals surface area contributed by atoms with Crippen LogP contribution in [0.25, 0.3) is 11.0 Å². The maximum absolute atomic E-state index is 13.1. The predicted octanol–water partition coefficient (Wildman–Crippen LogP) is 1.60. The molecular weight excluding hydrogens is 404 g/mol. The molecule has 1 aromatic heterocycles. The van der Waals surface area contributed by atoms with E-state index in [4.69, 9.17) is 4.98 Å². The van der Waals surface area contributed by atoms with Crippen molar-refractivity contribution in [3.05, 3.63) is 30.1 Å². The lowest BCUT2D eigenvalue weighted by Crippen LogP contribution is -2.49. The molecule has 2 aliphatic heterocycles. The van der Waals surface area contributed by atoms with Gasteiger partial charge in [-0.1, -0.05) is 12.1 Å². The largest absolute Gasteiger partial charge is 0.353 e. The second-order valence-corrected chi connectivity index (χ2v) is 9.02. The molecule has 8 nitrogen and oxygen atoms in total. The van der Waals surface area contributed by atoms with Crippen LogP contribution in [0.1, 0.15) is 38.9 Å². The van der Waals surface area contributed by atoms with E-state index in [0.717, 1.165) is 49.3 Å². The molecule has 1 N–H and O–H groups in total. The van der Waals surface area contributed by atoms with Crippen LogP contribution in [-0.2, 0) is 23.2 Å². The summed E-state index contributed by atoms with van der Waals surface area (Å²) in [5.74, 6) is 1.27. The normalized spacial score (nSPS) is 24.4. The molecule has 8 heteroatoms. The quantitative estimate of drug-likeness (QED) is 0.708. The molecule has 2 saturated heterocycles. The van der Waals surface area contributed by atoms with E-state index >= 15 is 0 Å². The monoisotopic (exact) mass is 440 g/mol. The molecule has 2 fully saturated rings. The van der Waals surface area contributed by atoms with Crippen molar-refractivity contribution in [2.45, 2.75) is 57.8 Å². The van der Waals surface area contributed by atoms with Crippen molar-refractivity contribution in [3.8, 4) is 0 Å². The maximum atomic E-state index is 13.1. The molecule has 3 heterocycles. The number of carbonyl (C=O) groups excluding carboxylic acids is 2. The average Bonchev–Trinajstić information content (AvgIpc) is 3.32. The minimum absolute atomic E-state index is 0.0932. The van der Waals surface area contributed by atoms with Crippen LogP contribution in [0.15, 0.2) is 24.3 Å². The lowest BCUT2D eigenvalue weighted by Gasteiger charge is -2.33. The fourth-order valence-corrected chi connectivity index (χ4v) is 5.37. The van der Waals surface area contributed by atoms with Gasteiger partial charge in [-0.2, -0.15) is 0 Å². The van der Waals surface area contributed by atoms with Crippen LogP contribution < -0.4 is 5.32 Å². The fourth-order valence-electron chi connectivity index (χ4n) is 5.37. The average molecular weight is 441 g/mol. The molecule has 32 heavy (non-hydrogen) atoms.